The van der Waals surface area contributed by atoms with Crippen LogP contribution in [-0.4, -0.2) is 24.1 Å². The number of furan rings is 2. The highest BCUT2D eigenvalue weighted by Gasteiger charge is 2.29. The lowest BCUT2D eigenvalue weighted by Crippen LogP contribution is -2.03. The van der Waals surface area contributed by atoms with Crippen LogP contribution in [0, 0.1) is 11.3 Å². The van der Waals surface area contributed by atoms with Crippen molar-refractivity contribution >= 4 is 87.5 Å². The Morgan fingerprint density at radius 1 is 0.375 bits per heavy atom. The molecular formula is C64H36N6O2. The minimum atomic E-state index is 0.400. The smallest absolute Gasteiger partial charge is 0.167 e. The summed E-state index contributed by atoms with van der Waals surface area (Å²) in [5, 5.41) is 19.7. The highest BCUT2D eigenvalue weighted by molar-refractivity contribution is 6.30. The van der Waals surface area contributed by atoms with Crippen molar-refractivity contribution < 1.29 is 8.83 Å². The van der Waals surface area contributed by atoms with Gasteiger partial charge in [0.05, 0.1) is 44.3 Å². The Balaban J connectivity index is 1.11. The second-order valence-corrected chi connectivity index (χ2v) is 18.2. The van der Waals surface area contributed by atoms with Crippen LogP contribution in [0.25, 0.3) is 144 Å². The van der Waals surface area contributed by atoms with Gasteiger partial charge < -0.3 is 18.0 Å². The van der Waals surface area contributed by atoms with Gasteiger partial charge in [0.1, 0.15) is 28.4 Å². The third-order valence-electron chi connectivity index (χ3n) is 14.2. The van der Waals surface area contributed by atoms with E-state index in [2.05, 4.69) is 137 Å². The molecule has 334 valence electrons. The van der Waals surface area contributed by atoms with E-state index in [4.69, 9.17) is 23.8 Å². The number of fused-ring (bicyclic) bond motifs is 13. The SMILES string of the molecule is N#Cc1cc(-c2nc(-c3ccccc3)nc(-c3ccccc3)n2)c2oc3ccccc3c2c1-n1c2ccccc2c2cc(-c3ccc4oc5ccccc5c4c3)c3c(c4ccccc4n3-c3ccccc3)c21. The molecule has 0 amide bonds. The molecule has 0 aliphatic carbocycles. The fourth-order valence-electron chi connectivity index (χ4n) is 11.1. The average Bonchev–Trinajstić information content (AvgIpc) is 4.21. The Labute approximate surface area is 410 Å². The van der Waals surface area contributed by atoms with E-state index in [0.717, 1.165) is 104 Å². The van der Waals surface area contributed by atoms with Crippen molar-refractivity contribution in [3.63, 3.8) is 0 Å². The maximum atomic E-state index is 11.7. The zero-order valence-corrected chi connectivity index (χ0v) is 38.3. The van der Waals surface area contributed by atoms with Gasteiger partial charge in [-0.1, -0.05) is 158 Å². The van der Waals surface area contributed by atoms with Gasteiger partial charge in [0.15, 0.2) is 17.5 Å². The number of nitrogens with zero attached hydrogens (tertiary/aromatic N) is 6. The Hall–Kier alpha value is -10.1. The third kappa shape index (κ3) is 5.82. The van der Waals surface area contributed by atoms with E-state index in [1.165, 1.54) is 0 Å². The molecule has 0 bridgehead atoms. The van der Waals surface area contributed by atoms with Crippen molar-refractivity contribution in [1.82, 2.24) is 24.1 Å². The first-order valence-corrected chi connectivity index (χ1v) is 23.9. The van der Waals surface area contributed by atoms with Crippen molar-refractivity contribution in [2.24, 2.45) is 0 Å². The Morgan fingerprint density at radius 3 is 1.62 bits per heavy atom. The minimum Gasteiger partial charge on any atom is -0.456 e. The Kier molecular flexibility index (Phi) is 8.55. The van der Waals surface area contributed by atoms with Crippen LogP contribution in [0.15, 0.2) is 227 Å². The number of aromatic nitrogens is 5. The van der Waals surface area contributed by atoms with E-state index in [0.29, 0.717) is 45.5 Å². The molecule has 0 radical (unpaired) electrons. The molecule has 0 saturated heterocycles. The van der Waals surface area contributed by atoms with Crippen LogP contribution in [0.3, 0.4) is 0 Å². The summed E-state index contributed by atoms with van der Waals surface area (Å²) < 4.78 is 18.1. The van der Waals surface area contributed by atoms with Crippen molar-refractivity contribution in [1.29, 1.82) is 5.26 Å². The number of para-hydroxylation sites is 5. The highest BCUT2D eigenvalue weighted by atomic mass is 16.3. The van der Waals surface area contributed by atoms with Crippen LogP contribution in [-0.2, 0) is 0 Å². The summed E-state index contributed by atoms with van der Waals surface area (Å²) in [4.78, 5) is 15.3. The van der Waals surface area contributed by atoms with Gasteiger partial charge in [0, 0.05) is 60.1 Å². The number of nitriles is 1. The Bertz CT molecular complexity index is 4690. The molecule has 15 aromatic rings. The summed E-state index contributed by atoms with van der Waals surface area (Å²) in [6.07, 6.45) is 0. The van der Waals surface area contributed by atoms with Crippen LogP contribution in [0.2, 0.25) is 0 Å². The molecule has 0 unspecified atom stereocenters. The first kappa shape index (κ1) is 39.9. The Morgan fingerprint density at radius 2 is 0.931 bits per heavy atom. The number of benzene rings is 10. The van der Waals surface area contributed by atoms with E-state index < -0.39 is 0 Å². The summed E-state index contributed by atoms with van der Waals surface area (Å²) in [5.74, 6) is 1.43. The molecule has 0 aliphatic heterocycles. The summed E-state index contributed by atoms with van der Waals surface area (Å²) >= 11 is 0. The van der Waals surface area contributed by atoms with Gasteiger partial charge in [-0.3, -0.25) is 0 Å². The highest BCUT2D eigenvalue weighted by Crippen LogP contribution is 2.50. The number of hydrogen-bond donors (Lipinski definition) is 0. The van der Waals surface area contributed by atoms with E-state index in [1.54, 1.807) is 0 Å². The van der Waals surface area contributed by atoms with Crippen LogP contribution >= 0.6 is 0 Å². The van der Waals surface area contributed by atoms with Crippen molar-refractivity contribution in [3.05, 3.63) is 224 Å². The van der Waals surface area contributed by atoms with E-state index in [-0.39, 0.29) is 0 Å². The summed E-state index contributed by atoms with van der Waals surface area (Å²) in [6.45, 7) is 0. The topological polar surface area (TPSA) is 98.6 Å². The molecule has 0 spiro atoms. The first-order valence-electron chi connectivity index (χ1n) is 23.9. The summed E-state index contributed by atoms with van der Waals surface area (Å²) in [6, 6.07) is 77.4. The van der Waals surface area contributed by atoms with Crippen molar-refractivity contribution in [2.75, 3.05) is 0 Å². The molecule has 0 atom stereocenters. The lowest BCUT2D eigenvalue weighted by molar-refractivity contribution is 0.668. The predicted molar refractivity (Wildman–Crippen MR) is 290 cm³/mol. The van der Waals surface area contributed by atoms with Crippen molar-refractivity contribution in [3.8, 4) is 62.7 Å². The molecule has 10 aromatic carbocycles. The fourth-order valence-corrected chi connectivity index (χ4v) is 11.1. The average molecular weight is 921 g/mol. The lowest BCUT2D eigenvalue weighted by atomic mass is 9.96. The molecule has 5 aromatic heterocycles. The molecule has 5 heterocycles. The summed E-state index contributed by atoms with van der Waals surface area (Å²) in [7, 11) is 0. The normalized spacial score (nSPS) is 11.9. The quantitative estimate of drug-likeness (QED) is 0.165. The van der Waals surface area contributed by atoms with Crippen LogP contribution in [0.5, 0.6) is 0 Å². The third-order valence-corrected chi connectivity index (χ3v) is 14.2. The van der Waals surface area contributed by atoms with Gasteiger partial charge in [-0.25, -0.2) is 15.0 Å². The van der Waals surface area contributed by atoms with Gasteiger partial charge in [-0.2, -0.15) is 5.26 Å². The van der Waals surface area contributed by atoms with E-state index in [1.807, 2.05) is 97.1 Å². The lowest BCUT2D eigenvalue weighted by Gasteiger charge is -2.16. The maximum absolute atomic E-state index is 11.7. The maximum Gasteiger partial charge on any atom is 0.167 e. The van der Waals surface area contributed by atoms with Gasteiger partial charge in [0.25, 0.3) is 0 Å². The largest absolute Gasteiger partial charge is 0.456 e. The molecule has 72 heavy (non-hydrogen) atoms. The zero-order valence-electron chi connectivity index (χ0n) is 38.3. The first-order chi connectivity index (χ1) is 35.7. The molecule has 0 fully saturated rings. The number of hydrogen-bond acceptors (Lipinski definition) is 6. The number of rotatable bonds is 6. The van der Waals surface area contributed by atoms with E-state index in [9.17, 15) is 5.26 Å². The summed E-state index contributed by atoms with van der Waals surface area (Å²) in [5.41, 5.74) is 13.6. The molecule has 0 saturated carbocycles. The van der Waals surface area contributed by atoms with Gasteiger partial charge in [0.2, 0.25) is 0 Å². The predicted octanol–water partition coefficient (Wildman–Crippen LogP) is 16.4. The molecule has 0 aliphatic rings. The molecule has 8 nitrogen and oxygen atoms in total. The fraction of sp³-hybridized carbons (Fsp3) is 0. The van der Waals surface area contributed by atoms with Crippen LogP contribution in [0.4, 0.5) is 0 Å². The van der Waals surface area contributed by atoms with Gasteiger partial charge >= 0.3 is 0 Å². The molecule has 8 heteroatoms. The second-order valence-electron chi connectivity index (χ2n) is 18.2. The second kappa shape index (κ2) is 15.5. The molecule has 0 N–H and O–H groups in total. The van der Waals surface area contributed by atoms with Crippen molar-refractivity contribution in [2.45, 2.75) is 0 Å². The monoisotopic (exact) mass is 920 g/mol. The van der Waals surface area contributed by atoms with E-state index >= 15 is 0 Å². The molecule has 15 rings (SSSR count). The molecular weight excluding hydrogens is 885 g/mol. The van der Waals surface area contributed by atoms with Gasteiger partial charge in [-0.05, 0) is 66.2 Å². The van der Waals surface area contributed by atoms with Crippen LogP contribution in [0.1, 0.15) is 5.56 Å². The van der Waals surface area contributed by atoms with Gasteiger partial charge in [-0.15, -0.1) is 0 Å². The van der Waals surface area contributed by atoms with Crippen LogP contribution < -0.4 is 0 Å². The standard InChI is InChI=1S/C64H36N6O2/c65-37-41-35-50(64-67-62(38-18-4-1-5-19-38)66-63(68-64)39-20-6-2-7-21-39)61-57(46-27-13-17-31-54(46)72-61)58(41)70-51-28-14-10-24-43(51)49-36-47(40-32-33-55-48(34-40)44-25-12-16-30-53(44)71-55)59-56(60(49)70)45-26-11-15-29-52(45)69(59)42-22-8-3-9-23-42/h1-36H. The zero-order chi connectivity index (χ0) is 47.4. The minimum absolute atomic E-state index is 0.400.